The van der Waals surface area contributed by atoms with Gasteiger partial charge in [-0.05, 0) is 31.7 Å². The van der Waals surface area contributed by atoms with Gasteiger partial charge in [0.25, 0.3) is 0 Å². The summed E-state index contributed by atoms with van der Waals surface area (Å²) in [6.07, 6.45) is 4.89. The summed E-state index contributed by atoms with van der Waals surface area (Å²) >= 11 is 12.0. The molecular formula is C18H18Cl2N6O2. The smallest absolute Gasteiger partial charge is 0.325 e. The molecule has 0 aliphatic carbocycles. The second-order valence-electron chi connectivity index (χ2n) is 7.04. The largest absolute Gasteiger partial charge is 0.347 e. The molecule has 1 fully saturated rings. The molecule has 1 amide bonds. The molecule has 0 bridgehead atoms. The maximum Gasteiger partial charge on any atom is 0.347 e. The van der Waals surface area contributed by atoms with Crippen molar-refractivity contribution >= 4 is 29.1 Å². The van der Waals surface area contributed by atoms with Gasteiger partial charge < -0.3 is 4.90 Å². The standard InChI is InChI=1S/C18H18Cl2N6O2/c19-11-7-13(20)14(22-9-11)10-25-18(28)26-15(4-1-5-16(26)23-25)17(27)24-6-2-3-12(24)8-21/h7,9,12,15H,1-6,10H2. The number of rotatable bonds is 3. The third-order valence-corrected chi connectivity index (χ3v) is 5.82. The molecule has 4 rings (SSSR count). The number of amides is 1. The van der Waals surface area contributed by atoms with Crippen LogP contribution in [0.1, 0.15) is 43.2 Å². The summed E-state index contributed by atoms with van der Waals surface area (Å²) in [5.74, 6) is 0.404. The first-order chi connectivity index (χ1) is 13.5. The second-order valence-corrected chi connectivity index (χ2v) is 7.88. The maximum atomic E-state index is 13.1. The molecule has 10 heteroatoms. The van der Waals surface area contributed by atoms with E-state index in [1.165, 1.54) is 15.4 Å². The molecule has 8 nitrogen and oxygen atoms in total. The van der Waals surface area contributed by atoms with Crippen molar-refractivity contribution in [1.82, 2.24) is 24.2 Å². The van der Waals surface area contributed by atoms with Crippen molar-refractivity contribution in [3.8, 4) is 6.07 Å². The van der Waals surface area contributed by atoms with Crippen LogP contribution >= 0.6 is 23.2 Å². The number of aryl methyl sites for hydroxylation is 1. The first kappa shape index (κ1) is 19.0. The third-order valence-electron chi connectivity index (χ3n) is 5.28. The molecule has 1 saturated heterocycles. The van der Waals surface area contributed by atoms with E-state index in [-0.39, 0.29) is 18.1 Å². The van der Waals surface area contributed by atoms with E-state index in [9.17, 15) is 14.9 Å². The number of likely N-dealkylation sites (tertiary alicyclic amines) is 1. The van der Waals surface area contributed by atoms with E-state index in [0.29, 0.717) is 47.4 Å². The number of carbonyl (C=O) groups is 1. The quantitative estimate of drug-likeness (QED) is 0.757. The van der Waals surface area contributed by atoms with Crippen LogP contribution in [0.3, 0.4) is 0 Å². The van der Waals surface area contributed by atoms with Gasteiger partial charge in [-0.3, -0.25) is 14.3 Å². The zero-order valence-electron chi connectivity index (χ0n) is 15.0. The summed E-state index contributed by atoms with van der Waals surface area (Å²) in [6.45, 7) is 0.649. The summed E-state index contributed by atoms with van der Waals surface area (Å²) in [5, 5.41) is 14.5. The molecule has 2 aromatic heterocycles. The van der Waals surface area contributed by atoms with Gasteiger partial charge in [0.05, 0.1) is 28.4 Å². The molecule has 2 unspecified atom stereocenters. The van der Waals surface area contributed by atoms with E-state index in [4.69, 9.17) is 23.2 Å². The molecule has 2 aliphatic heterocycles. The van der Waals surface area contributed by atoms with Crippen molar-refractivity contribution < 1.29 is 4.79 Å². The van der Waals surface area contributed by atoms with Crippen LogP contribution in [0, 0.1) is 11.3 Å². The molecule has 28 heavy (non-hydrogen) atoms. The predicted octanol–water partition coefficient (Wildman–Crippen LogP) is 2.19. The SMILES string of the molecule is N#CC1CCCN1C(=O)C1CCCc2nn(Cc3ncc(Cl)cc3Cl)c(=O)n21. The van der Waals surface area contributed by atoms with Crippen LogP contribution in [0.25, 0.3) is 0 Å². The van der Waals surface area contributed by atoms with Gasteiger partial charge in [-0.1, -0.05) is 23.2 Å². The Morgan fingerprint density at radius 2 is 2.14 bits per heavy atom. The molecule has 0 N–H and O–H groups in total. The molecule has 2 atom stereocenters. The normalized spacial score (nSPS) is 21.4. The van der Waals surface area contributed by atoms with Crippen LogP contribution in [0.5, 0.6) is 0 Å². The molecule has 4 heterocycles. The van der Waals surface area contributed by atoms with E-state index >= 15 is 0 Å². The summed E-state index contributed by atoms with van der Waals surface area (Å²) in [6, 6.07) is 2.71. The van der Waals surface area contributed by atoms with Crippen LogP contribution in [0.4, 0.5) is 0 Å². The van der Waals surface area contributed by atoms with Crippen molar-refractivity contribution in [3.05, 3.63) is 44.3 Å². The Hall–Kier alpha value is -2.37. The number of pyridine rings is 1. The highest BCUT2D eigenvalue weighted by Gasteiger charge is 2.37. The van der Waals surface area contributed by atoms with Gasteiger partial charge in [0.2, 0.25) is 5.91 Å². The van der Waals surface area contributed by atoms with E-state index in [1.54, 1.807) is 11.0 Å². The number of hydrogen-bond donors (Lipinski definition) is 0. The topological polar surface area (TPSA) is 96.8 Å². The minimum atomic E-state index is -0.618. The molecule has 0 radical (unpaired) electrons. The number of nitrogens with zero attached hydrogens (tertiary/aromatic N) is 6. The Kier molecular flexibility index (Phi) is 5.13. The fourth-order valence-corrected chi connectivity index (χ4v) is 4.37. The molecule has 2 aliphatic rings. The second kappa shape index (κ2) is 7.57. The average Bonchev–Trinajstić information content (AvgIpc) is 3.28. The van der Waals surface area contributed by atoms with Gasteiger partial charge in [0.1, 0.15) is 17.9 Å². The summed E-state index contributed by atoms with van der Waals surface area (Å²) in [5.41, 5.74) is 0.115. The zero-order chi connectivity index (χ0) is 19.8. The number of nitriles is 1. The lowest BCUT2D eigenvalue weighted by Gasteiger charge is -2.28. The fourth-order valence-electron chi connectivity index (χ4n) is 3.93. The molecule has 0 saturated carbocycles. The molecule has 0 aromatic carbocycles. The van der Waals surface area contributed by atoms with Gasteiger partial charge in [-0.25, -0.2) is 9.48 Å². The highest BCUT2D eigenvalue weighted by Crippen LogP contribution is 2.28. The van der Waals surface area contributed by atoms with Gasteiger partial charge in [-0.2, -0.15) is 10.4 Å². The van der Waals surface area contributed by atoms with Crippen LogP contribution in [-0.2, 0) is 17.8 Å². The first-order valence-electron chi connectivity index (χ1n) is 9.18. The Balaban J connectivity index is 1.66. The molecular weight excluding hydrogens is 403 g/mol. The van der Waals surface area contributed by atoms with Crippen molar-refractivity contribution in [2.45, 2.75) is 50.7 Å². The number of hydrogen-bond acceptors (Lipinski definition) is 5. The minimum Gasteiger partial charge on any atom is -0.325 e. The average molecular weight is 421 g/mol. The summed E-state index contributed by atoms with van der Waals surface area (Å²) < 4.78 is 2.76. The van der Waals surface area contributed by atoms with Gasteiger partial charge in [0.15, 0.2) is 0 Å². The third kappa shape index (κ3) is 3.29. The Morgan fingerprint density at radius 3 is 2.89 bits per heavy atom. The number of carbonyl (C=O) groups excluding carboxylic acids is 1. The molecule has 146 valence electrons. The van der Waals surface area contributed by atoms with Gasteiger partial charge in [-0.15, -0.1) is 0 Å². The summed E-state index contributed by atoms with van der Waals surface area (Å²) in [4.78, 5) is 31.9. The van der Waals surface area contributed by atoms with Crippen LogP contribution < -0.4 is 5.69 Å². The molecule has 2 aromatic rings. The van der Waals surface area contributed by atoms with Crippen molar-refractivity contribution in [2.75, 3.05) is 6.54 Å². The lowest BCUT2D eigenvalue weighted by molar-refractivity contribution is -0.135. The Morgan fingerprint density at radius 1 is 1.32 bits per heavy atom. The van der Waals surface area contributed by atoms with Crippen LogP contribution in [0.2, 0.25) is 10.0 Å². The maximum absolute atomic E-state index is 13.1. The Labute approximate surface area is 171 Å². The van der Waals surface area contributed by atoms with E-state index in [2.05, 4.69) is 16.2 Å². The van der Waals surface area contributed by atoms with E-state index in [0.717, 1.165) is 12.8 Å². The van der Waals surface area contributed by atoms with Crippen LogP contribution in [0.15, 0.2) is 17.1 Å². The molecule has 0 spiro atoms. The number of halogens is 2. The number of aromatic nitrogens is 4. The van der Waals surface area contributed by atoms with Gasteiger partial charge >= 0.3 is 5.69 Å². The highest BCUT2D eigenvalue weighted by molar-refractivity contribution is 6.34. The zero-order valence-corrected chi connectivity index (χ0v) is 16.5. The van der Waals surface area contributed by atoms with E-state index in [1.807, 2.05) is 0 Å². The van der Waals surface area contributed by atoms with Crippen molar-refractivity contribution in [1.29, 1.82) is 5.26 Å². The van der Waals surface area contributed by atoms with E-state index < -0.39 is 12.1 Å². The van der Waals surface area contributed by atoms with Crippen molar-refractivity contribution in [2.24, 2.45) is 0 Å². The predicted molar refractivity (Wildman–Crippen MR) is 102 cm³/mol. The lowest BCUT2D eigenvalue weighted by Crippen LogP contribution is -2.44. The summed E-state index contributed by atoms with van der Waals surface area (Å²) in [7, 11) is 0. The number of fused-ring (bicyclic) bond motifs is 1. The van der Waals surface area contributed by atoms with Crippen LogP contribution in [-0.4, -0.2) is 42.7 Å². The Bertz CT molecular complexity index is 1020. The van der Waals surface area contributed by atoms with Crippen molar-refractivity contribution in [3.63, 3.8) is 0 Å². The lowest BCUT2D eigenvalue weighted by atomic mass is 10.0. The van der Waals surface area contributed by atoms with Gasteiger partial charge in [0, 0.05) is 19.2 Å². The first-order valence-corrected chi connectivity index (χ1v) is 9.93. The highest BCUT2D eigenvalue weighted by atomic mass is 35.5. The minimum absolute atomic E-state index is 0.0975. The monoisotopic (exact) mass is 420 g/mol. The fraction of sp³-hybridized carbons (Fsp3) is 0.500.